The topological polar surface area (TPSA) is 151 Å². The molecule has 0 saturated carbocycles. The summed E-state index contributed by atoms with van der Waals surface area (Å²) in [4.78, 5) is 8.91. The standard InChI is InChI=1S/C23H23FN6O3S/c1-13(2)34(31,32)17-9-7-15(8-10-17)19-12-27-21(26)20(28-19)23-30-29-22(33-23)16-5-3-14(4-6-16)18(25)11-24/h3-10,12-13,18H,11,25H2,1-2H3,(H2,26,27). The van der Waals surface area contributed by atoms with Crippen molar-refractivity contribution in [2.45, 2.75) is 30.0 Å². The zero-order chi connectivity index (χ0) is 24.5. The van der Waals surface area contributed by atoms with E-state index in [1.165, 1.54) is 18.3 Å². The smallest absolute Gasteiger partial charge is 0.270 e. The highest BCUT2D eigenvalue weighted by Crippen LogP contribution is 2.29. The Morgan fingerprint density at radius 1 is 0.971 bits per heavy atom. The van der Waals surface area contributed by atoms with Crippen LogP contribution in [0.3, 0.4) is 0 Å². The van der Waals surface area contributed by atoms with Gasteiger partial charge >= 0.3 is 0 Å². The van der Waals surface area contributed by atoms with Crippen LogP contribution in [0.15, 0.2) is 64.0 Å². The van der Waals surface area contributed by atoms with E-state index in [9.17, 15) is 12.8 Å². The van der Waals surface area contributed by atoms with Crippen molar-refractivity contribution in [2.75, 3.05) is 12.4 Å². The molecule has 0 amide bonds. The second-order valence-corrected chi connectivity index (χ2v) is 10.4. The van der Waals surface area contributed by atoms with Gasteiger partial charge in [0.25, 0.3) is 5.89 Å². The van der Waals surface area contributed by atoms with Gasteiger partial charge in [-0.1, -0.05) is 24.3 Å². The van der Waals surface area contributed by atoms with E-state index >= 15 is 0 Å². The average Bonchev–Trinajstić information content (AvgIpc) is 3.34. The number of nitrogens with zero attached hydrogens (tertiary/aromatic N) is 4. The van der Waals surface area contributed by atoms with Crippen LogP contribution in [0.1, 0.15) is 25.5 Å². The molecule has 1 unspecified atom stereocenters. The van der Waals surface area contributed by atoms with Crippen LogP contribution in [0.4, 0.5) is 10.2 Å². The maximum Gasteiger partial charge on any atom is 0.270 e. The number of nitrogens with two attached hydrogens (primary N) is 2. The molecule has 0 saturated heterocycles. The third-order valence-corrected chi connectivity index (χ3v) is 7.45. The van der Waals surface area contributed by atoms with E-state index in [4.69, 9.17) is 15.9 Å². The van der Waals surface area contributed by atoms with Crippen LogP contribution in [0.25, 0.3) is 34.3 Å². The van der Waals surface area contributed by atoms with Gasteiger partial charge in [-0.2, -0.15) is 0 Å². The summed E-state index contributed by atoms with van der Waals surface area (Å²) < 4.78 is 43.2. The zero-order valence-corrected chi connectivity index (χ0v) is 19.3. The van der Waals surface area contributed by atoms with Crippen LogP contribution < -0.4 is 11.5 Å². The van der Waals surface area contributed by atoms with Gasteiger partial charge in [-0.3, -0.25) is 0 Å². The molecule has 11 heteroatoms. The largest absolute Gasteiger partial charge is 0.414 e. The van der Waals surface area contributed by atoms with Crippen molar-refractivity contribution in [1.82, 2.24) is 20.2 Å². The van der Waals surface area contributed by atoms with E-state index in [0.29, 0.717) is 22.4 Å². The van der Waals surface area contributed by atoms with Gasteiger partial charge in [-0.25, -0.2) is 22.8 Å². The molecule has 0 aliphatic heterocycles. The van der Waals surface area contributed by atoms with Gasteiger partial charge in [-0.05, 0) is 43.7 Å². The van der Waals surface area contributed by atoms with E-state index < -0.39 is 27.8 Å². The fourth-order valence-corrected chi connectivity index (χ4v) is 4.24. The van der Waals surface area contributed by atoms with Crippen molar-refractivity contribution >= 4 is 15.7 Å². The Morgan fingerprint density at radius 2 is 1.59 bits per heavy atom. The minimum Gasteiger partial charge on any atom is -0.414 e. The Kier molecular flexibility index (Phi) is 6.40. The number of hydrogen-bond acceptors (Lipinski definition) is 9. The van der Waals surface area contributed by atoms with Gasteiger partial charge in [-0.15, -0.1) is 10.2 Å². The van der Waals surface area contributed by atoms with Crippen LogP contribution in [-0.4, -0.2) is 40.5 Å². The Morgan fingerprint density at radius 3 is 2.21 bits per heavy atom. The molecule has 4 aromatic rings. The first-order chi connectivity index (χ1) is 16.2. The number of aromatic nitrogens is 4. The van der Waals surface area contributed by atoms with Crippen LogP contribution >= 0.6 is 0 Å². The van der Waals surface area contributed by atoms with E-state index in [1.807, 2.05) is 0 Å². The Labute approximate surface area is 196 Å². The average molecular weight is 483 g/mol. The van der Waals surface area contributed by atoms with Crippen LogP contribution in [0.5, 0.6) is 0 Å². The maximum atomic E-state index is 12.8. The number of hydrogen-bond donors (Lipinski definition) is 2. The lowest BCUT2D eigenvalue weighted by molar-refractivity contribution is 0.437. The summed E-state index contributed by atoms with van der Waals surface area (Å²) in [6.07, 6.45) is 1.48. The van der Waals surface area contributed by atoms with Gasteiger partial charge < -0.3 is 15.9 Å². The third-order valence-electron chi connectivity index (χ3n) is 5.28. The predicted octanol–water partition coefficient (Wildman–Crippen LogP) is 3.59. The first kappa shape index (κ1) is 23.5. The molecule has 1 atom stereocenters. The van der Waals surface area contributed by atoms with Gasteiger partial charge in [0.1, 0.15) is 6.67 Å². The number of benzene rings is 2. The molecule has 0 fully saturated rings. The molecule has 9 nitrogen and oxygen atoms in total. The van der Waals surface area contributed by atoms with E-state index in [-0.39, 0.29) is 28.2 Å². The molecule has 2 aromatic carbocycles. The van der Waals surface area contributed by atoms with Crippen LogP contribution in [-0.2, 0) is 9.84 Å². The van der Waals surface area contributed by atoms with Gasteiger partial charge in [0.2, 0.25) is 5.89 Å². The molecular weight excluding hydrogens is 459 g/mol. The normalized spacial score (nSPS) is 12.7. The van der Waals surface area contributed by atoms with Crippen molar-refractivity contribution in [3.8, 4) is 34.3 Å². The summed E-state index contributed by atoms with van der Waals surface area (Å²) >= 11 is 0. The molecule has 4 N–H and O–H groups in total. The summed E-state index contributed by atoms with van der Waals surface area (Å²) in [5, 5.41) is 7.56. The summed E-state index contributed by atoms with van der Waals surface area (Å²) in [5.41, 5.74) is 14.3. The molecule has 0 aliphatic carbocycles. The summed E-state index contributed by atoms with van der Waals surface area (Å²) in [5.74, 6) is 0.401. The highest BCUT2D eigenvalue weighted by atomic mass is 32.2. The lowest BCUT2D eigenvalue weighted by atomic mass is 10.1. The highest BCUT2D eigenvalue weighted by Gasteiger charge is 2.20. The number of nitrogen functional groups attached to an aromatic ring is 1. The Hall–Kier alpha value is -3.70. The van der Waals surface area contributed by atoms with Crippen molar-refractivity contribution < 1.29 is 17.2 Å². The molecular formula is C23H23FN6O3S. The Bertz CT molecular complexity index is 1400. The van der Waals surface area contributed by atoms with Gasteiger partial charge in [0.05, 0.1) is 28.1 Å². The SMILES string of the molecule is CC(C)S(=O)(=O)c1ccc(-c2cnc(N)c(-c3nnc(-c4ccc(C(N)CF)cc4)o3)n2)cc1. The predicted molar refractivity (Wildman–Crippen MR) is 126 cm³/mol. The minimum absolute atomic E-state index is 0.0744. The number of sulfone groups is 1. The molecule has 176 valence electrons. The molecule has 0 bridgehead atoms. The highest BCUT2D eigenvalue weighted by molar-refractivity contribution is 7.92. The van der Waals surface area contributed by atoms with Crippen molar-refractivity contribution in [1.29, 1.82) is 0 Å². The fraction of sp³-hybridized carbons (Fsp3) is 0.217. The number of halogens is 1. The Balaban J connectivity index is 1.63. The van der Waals surface area contributed by atoms with Gasteiger partial charge in [0.15, 0.2) is 21.3 Å². The molecule has 4 rings (SSSR count). The maximum absolute atomic E-state index is 12.8. The molecule has 0 aliphatic rings. The number of rotatable bonds is 7. The molecule has 2 aromatic heterocycles. The van der Waals surface area contributed by atoms with Crippen molar-refractivity contribution in [3.63, 3.8) is 0 Å². The summed E-state index contributed by atoms with van der Waals surface area (Å²) in [6.45, 7) is 2.61. The monoisotopic (exact) mass is 482 g/mol. The van der Waals surface area contributed by atoms with E-state index in [1.54, 1.807) is 50.2 Å². The summed E-state index contributed by atoms with van der Waals surface area (Å²) in [6, 6.07) is 12.5. The van der Waals surface area contributed by atoms with E-state index in [0.717, 1.165) is 0 Å². The minimum atomic E-state index is -3.38. The third kappa shape index (κ3) is 4.52. The van der Waals surface area contributed by atoms with E-state index in [2.05, 4.69) is 20.2 Å². The molecule has 0 radical (unpaired) electrons. The second-order valence-electron chi connectivity index (χ2n) is 7.90. The molecule has 34 heavy (non-hydrogen) atoms. The molecule has 2 heterocycles. The lowest BCUT2D eigenvalue weighted by Crippen LogP contribution is -2.13. The zero-order valence-electron chi connectivity index (χ0n) is 18.5. The fourth-order valence-electron chi connectivity index (χ4n) is 3.18. The number of anilines is 1. The van der Waals surface area contributed by atoms with Crippen LogP contribution in [0.2, 0.25) is 0 Å². The van der Waals surface area contributed by atoms with Crippen LogP contribution in [0, 0.1) is 0 Å². The summed E-state index contributed by atoms with van der Waals surface area (Å²) in [7, 11) is -3.38. The number of alkyl halides is 1. The van der Waals surface area contributed by atoms with Crippen molar-refractivity contribution in [3.05, 3.63) is 60.3 Å². The molecule has 0 spiro atoms. The second kappa shape index (κ2) is 9.27. The quantitative estimate of drug-likeness (QED) is 0.402. The van der Waals surface area contributed by atoms with Crippen molar-refractivity contribution in [2.24, 2.45) is 5.73 Å². The van der Waals surface area contributed by atoms with Gasteiger partial charge in [0, 0.05) is 11.1 Å². The lowest BCUT2D eigenvalue weighted by Gasteiger charge is -2.09. The first-order valence-corrected chi connectivity index (χ1v) is 12.0. The first-order valence-electron chi connectivity index (χ1n) is 10.4.